The monoisotopic (exact) mass is 628 g/mol. The van der Waals surface area contributed by atoms with Crippen molar-refractivity contribution in [1.29, 1.82) is 0 Å². The average molecular weight is 631 g/mol. The number of nitrogens with zero attached hydrogens (tertiary/aromatic N) is 4. The van der Waals surface area contributed by atoms with Gasteiger partial charge in [-0.2, -0.15) is 0 Å². The smallest absolute Gasteiger partial charge is 0.265 e. The Morgan fingerprint density at radius 2 is 1.15 bits per heavy atom. The van der Waals surface area contributed by atoms with E-state index in [0.717, 1.165) is 0 Å². The molecule has 4 aromatic rings. The highest BCUT2D eigenvalue weighted by molar-refractivity contribution is 9.11. The summed E-state index contributed by atoms with van der Waals surface area (Å²) in [7, 11) is 0. The molecule has 0 saturated carbocycles. The fourth-order valence-electron chi connectivity index (χ4n) is 3.11. The lowest BCUT2D eigenvalue weighted by Gasteiger charge is -1.96. The molecular formula is C20H12Br2Cl2N6O4. The van der Waals surface area contributed by atoms with Gasteiger partial charge in [0.2, 0.25) is 11.8 Å². The van der Waals surface area contributed by atoms with Gasteiger partial charge in [-0.25, -0.2) is 0 Å². The summed E-state index contributed by atoms with van der Waals surface area (Å²) in [4.78, 5) is 29.6. The van der Waals surface area contributed by atoms with Crippen LogP contribution in [0.4, 0.5) is 11.4 Å². The number of aromatic nitrogens is 2. The number of amides is 2. The van der Waals surface area contributed by atoms with Crippen LogP contribution < -0.4 is 0 Å². The highest BCUT2D eigenvalue weighted by Gasteiger charge is 2.16. The molecule has 2 aromatic carbocycles. The van der Waals surface area contributed by atoms with Gasteiger partial charge >= 0.3 is 0 Å². The minimum absolute atomic E-state index is 0.0391. The zero-order valence-electron chi connectivity index (χ0n) is 16.7. The van der Waals surface area contributed by atoms with Crippen LogP contribution in [-0.2, 0) is 9.59 Å². The van der Waals surface area contributed by atoms with Crippen molar-refractivity contribution in [2.24, 2.45) is 20.5 Å². The number of aromatic amines is 2. The van der Waals surface area contributed by atoms with Crippen LogP contribution in [0.25, 0.3) is 21.8 Å². The number of carbonyl (C=O) groups excluding carboxylic acids is 2. The molecule has 0 bridgehead atoms. The number of hydrogen-bond donors (Lipinski definition) is 4. The van der Waals surface area contributed by atoms with Gasteiger partial charge in [-0.3, -0.25) is 9.59 Å². The fraction of sp³-hybridized carbons (Fsp3) is 0.100. The van der Waals surface area contributed by atoms with Gasteiger partial charge in [0.1, 0.15) is 0 Å². The van der Waals surface area contributed by atoms with Gasteiger partial charge in [0, 0.05) is 42.6 Å². The molecule has 174 valence electrons. The Morgan fingerprint density at radius 1 is 0.765 bits per heavy atom. The molecule has 14 heteroatoms. The quantitative estimate of drug-likeness (QED) is 0.168. The summed E-state index contributed by atoms with van der Waals surface area (Å²) >= 11 is 18.7. The van der Waals surface area contributed by atoms with E-state index in [1.807, 2.05) is 0 Å². The Hall–Kier alpha value is -2.80. The van der Waals surface area contributed by atoms with Crippen LogP contribution in [0.5, 0.6) is 11.8 Å². The zero-order chi connectivity index (χ0) is 24.6. The number of hydrogen-bond acceptors (Lipinski definition) is 6. The molecule has 0 radical (unpaired) electrons. The van der Waals surface area contributed by atoms with Gasteiger partial charge in [-0.15, -0.1) is 20.5 Å². The number of nitrogens with one attached hydrogen (secondary N) is 2. The van der Waals surface area contributed by atoms with E-state index < -0.39 is 11.8 Å². The van der Waals surface area contributed by atoms with E-state index in [4.69, 9.17) is 23.2 Å². The number of fused-ring (bicyclic) bond motifs is 2. The SMILES string of the molecule is O=C(CCC(=O)N=Nc1c(O)[nH]c2c(Br)cc(Cl)cc12)N=Nc1c(O)[nH]c2c(Br)cc(Cl)cc12. The van der Waals surface area contributed by atoms with Gasteiger partial charge in [0.15, 0.2) is 11.4 Å². The second kappa shape index (κ2) is 9.82. The molecule has 0 unspecified atom stereocenters. The summed E-state index contributed by atoms with van der Waals surface area (Å²) in [6.07, 6.45) is -0.571. The highest BCUT2D eigenvalue weighted by atomic mass is 79.9. The van der Waals surface area contributed by atoms with Crippen molar-refractivity contribution in [3.05, 3.63) is 43.3 Å². The lowest BCUT2D eigenvalue weighted by atomic mass is 10.2. The van der Waals surface area contributed by atoms with E-state index in [1.165, 1.54) is 0 Å². The van der Waals surface area contributed by atoms with Crippen LogP contribution in [0.15, 0.2) is 53.7 Å². The number of carbonyl (C=O) groups is 2. The summed E-state index contributed by atoms with van der Waals surface area (Å²) in [5, 5.41) is 36.6. The first-order valence-corrected chi connectivity index (χ1v) is 11.8. The van der Waals surface area contributed by atoms with Crippen LogP contribution in [0, 0.1) is 0 Å². The Bertz CT molecular complexity index is 1420. The van der Waals surface area contributed by atoms with Gasteiger partial charge < -0.3 is 20.2 Å². The number of halogens is 4. The average Bonchev–Trinajstić information content (AvgIpc) is 3.25. The third-order valence-electron chi connectivity index (χ3n) is 4.63. The number of rotatable bonds is 5. The second-order valence-corrected chi connectivity index (χ2v) is 9.53. The van der Waals surface area contributed by atoms with Crippen LogP contribution in [0.2, 0.25) is 10.0 Å². The summed E-state index contributed by atoms with van der Waals surface area (Å²) in [6.45, 7) is 0. The first-order valence-electron chi connectivity index (χ1n) is 9.42. The Kier molecular flexibility index (Phi) is 7.03. The van der Waals surface area contributed by atoms with Crippen molar-refractivity contribution in [2.45, 2.75) is 12.8 Å². The summed E-state index contributed by atoms with van der Waals surface area (Å²) in [6, 6.07) is 6.39. The van der Waals surface area contributed by atoms with Crippen molar-refractivity contribution in [1.82, 2.24) is 9.97 Å². The van der Waals surface area contributed by atoms with Crippen LogP contribution >= 0.6 is 55.1 Å². The molecular weight excluding hydrogens is 619 g/mol. The number of azo groups is 2. The lowest BCUT2D eigenvalue weighted by Crippen LogP contribution is -1.98. The van der Waals surface area contributed by atoms with Crippen molar-refractivity contribution >= 4 is 100 Å². The Labute approximate surface area is 217 Å². The number of benzene rings is 2. The zero-order valence-corrected chi connectivity index (χ0v) is 21.4. The van der Waals surface area contributed by atoms with Crippen molar-refractivity contribution < 1.29 is 19.8 Å². The first kappa shape index (κ1) is 24.3. The van der Waals surface area contributed by atoms with Crippen LogP contribution in [-0.4, -0.2) is 32.0 Å². The predicted octanol–water partition coefficient (Wildman–Crippen LogP) is 7.59. The molecule has 0 atom stereocenters. The predicted molar refractivity (Wildman–Crippen MR) is 134 cm³/mol. The standard InChI is InChI=1S/C20H12Br2Cl2N6O4/c21-11-5-7(23)3-9-15(11)25-19(33)17(9)29-27-13(31)1-2-14(32)28-30-18-10-4-8(24)6-12(22)16(10)26-20(18)34/h3-6,25-26,33-34H,1-2H2. The molecule has 4 rings (SSSR count). The summed E-state index contributed by atoms with van der Waals surface area (Å²) in [5.74, 6) is -1.98. The van der Waals surface area contributed by atoms with Crippen LogP contribution in [0.1, 0.15) is 12.8 Å². The lowest BCUT2D eigenvalue weighted by molar-refractivity contribution is -0.123. The minimum Gasteiger partial charge on any atom is -0.493 e. The second-order valence-electron chi connectivity index (χ2n) is 6.95. The molecule has 0 saturated heterocycles. The van der Waals surface area contributed by atoms with Gasteiger partial charge in [0.05, 0.1) is 11.0 Å². The molecule has 34 heavy (non-hydrogen) atoms. The molecule has 0 aliphatic heterocycles. The van der Waals surface area contributed by atoms with E-state index in [1.54, 1.807) is 24.3 Å². The minimum atomic E-state index is -0.705. The van der Waals surface area contributed by atoms with Gasteiger partial charge in [0.25, 0.3) is 11.8 Å². The van der Waals surface area contributed by atoms with E-state index in [9.17, 15) is 19.8 Å². The molecule has 2 amide bonds. The van der Waals surface area contributed by atoms with E-state index in [-0.39, 0.29) is 36.0 Å². The maximum atomic E-state index is 12.1. The van der Waals surface area contributed by atoms with E-state index in [2.05, 4.69) is 62.3 Å². The Morgan fingerprint density at radius 3 is 1.53 bits per heavy atom. The van der Waals surface area contributed by atoms with Crippen LogP contribution in [0.3, 0.4) is 0 Å². The normalized spacial score (nSPS) is 12.0. The molecule has 0 aliphatic carbocycles. The molecule has 0 fully saturated rings. The third-order valence-corrected chi connectivity index (χ3v) is 6.32. The molecule has 2 aromatic heterocycles. The Balaban J connectivity index is 1.43. The molecule has 2 heterocycles. The van der Waals surface area contributed by atoms with E-state index >= 15 is 0 Å². The molecule has 4 N–H and O–H groups in total. The summed E-state index contributed by atoms with van der Waals surface area (Å²) in [5.41, 5.74) is 1.15. The fourth-order valence-corrected chi connectivity index (χ4v) is 4.93. The maximum Gasteiger partial charge on any atom is 0.265 e. The molecule has 10 nitrogen and oxygen atoms in total. The van der Waals surface area contributed by atoms with Crippen molar-refractivity contribution in [2.75, 3.05) is 0 Å². The van der Waals surface area contributed by atoms with Gasteiger partial charge in [-0.1, -0.05) is 23.2 Å². The highest BCUT2D eigenvalue weighted by Crippen LogP contribution is 2.41. The number of H-pyrrole nitrogens is 2. The summed E-state index contributed by atoms with van der Waals surface area (Å²) < 4.78 is 1.20. The van der Waals surface area contributed by atoms with E-state index in [0.29, 0.717) is 40.8 Å². The van der Waals surface area contributed by atoms with Crippen molar-refractivity contribution in [3.63, 3.8) is 0 Å². The first-order chi connectivity index (χ1) is 16.1. The third kappa shape index (κ3) is 4.99. The van der Waals surface area contributed by atoms with Gasteiger partial charge in [-0.05, 0) is 56.1 Å². The maximum absolute atomic E-state index is 12.1. The number of aromatic hydroxyl groups is 2. The van der Waals surface area contributed by atoms with Crippen molar-refractivity contribution in [3.8, 4) is 11.8 Å². The largest absolute Gasteiger partial charge is 0.493 e. The molecule has 0 spiro atoms. The topological polar surface area (TPSA) is 156 Å². The molecule has 0 aliphatic rings.